The van der Waals surface area contributed by atoms with Crippen LogP contribution in [0.3, 0.4) is 0 Å². The summed E-state index contributed by atoms with van der Waals surface area (Å²) in [6, 6.07) is 11.7. The lowest BCUT2D eigenvalue weighted by Gasteiger charge is -2.12. The summed E-state index contributed by atoms with van der Waals surface area (Å²) in [5, 5.41) is 19.5. The van der Waals surface area contributed by atoms with Crippen LogP contribution in [0.4, 0.5) is 10.1 Å². The fourth-order valence-electron chi connectivity index (χ4n) is 2.54. The molecule has 0 saturated carbocycles. The van der Waals surface area contributed by atoms with Crippen LogP contribution in [0.5, 0.6) is 0 Å². The number of hydrogen-bond acceptors (Lipinski definition) is 4. The second-order valence-electron chi connectivity index (χ2n) is 5.60. The molecule has 7 nitrogen and oxygen atoms in total. The van der Waals surface area contributed by atoms with Crippen molar-refractivity contribution >= 4 is 38.4 Å². The van der Waals surface area contributed by atoms with E-state index in [0.29, 0.717) is 16.8 Å². The minimum Gasteiger partial charge on any atom is -0.478 e. The molecule has 0 radical (unpaired) electrons. The molecule has 0 amide bonds. The first-order valence-electron chi connectivity index (χ1n) is 7.51. The molecule has 0 aliphatic heterocycles. The quantitative estimate of drug-likeness (QED) is 0.616. The highest BCUT2D eigenvalue weighted by Crippen LogP contribution is 2.27. The van der Waals surface area contributed by atoms with Crippen LogP contribution in [0.2, 0.25) is 0 Å². The predicted molar refractivity (Wildman–Crippen MR) is 95.1 cm³/mol. The molecule has 3 rings (SSSR count). The van der Waals surface area contributed by atoms with Crippen LogP contribution in [-0.4, -0.2) is 30.6 Å². The maximum Gasteiger partial charge on any atom is 0.338 e. The lowest BCUT2D eigenvalue weighted by molar-refractivity contribution is 0.0683. The first-order valence-corrected chi connectivity index (χ1v) is 8.99. The van der Waals surface area contributed by atoms with Crippen molar-refractivity contribution in [2.75, 3.05) is 4.72 Å². The smallest absolute Gasteiger partial charge is 0.338 e. The molecule has 0 bridgehead atoms. The van der Waals surface area contributed by atoms with Gasteiger partial charge in [-0.05, 0) is 41.1 Å². The third kappa shape index (κ3) is 3.58. The zero-order valence-electron chi connectivity index (χ0n) is 13.5. The lowest BCUT2D eigenvalue weighted by Crippen LogP contribution is -2.16. The number of hydrogen-bond donors (Lipinski definition) is 3. The Balaban J connectivity index is 2.11. The zero-order valence-corrected chi connectivity index (χ0v) is 14.3. The number of benzene rings is 3. The Hall–Kier alpha value is -3.46. The van der Waals surface area contributed by atoms with E-state index < -0.39 is 38.2 Å². The molecule has 0 atom stereocenters. The molecule has 3 N–H and O–H groups in total. The second kappa shape index (κ2) is 6.69. The van der Waals surface area contributed by atoms with Gasteiger partial charge in [-0.15, -0.1) is 0 Å². The second-order valence-corrected chi connectivity index (χ2v) is 7.28. The van der Waals surface area contributed by atoms with Crippen molar-refractivity contribution in [2.24, 2.45) is 0 Å². The predicted octanol–water partition coefficient (Wildman–Crippen LogP) is 3.18. The molecule has 0 unspecified atom stereocenters. The van der Waals surface area contributed by atoms with Crippen LogP contribution in [0, 0.1) is 5.82 Å². The highest BCUT2D eigenvalue weighted by molar-refractivity contribution is 7.92. The summed E-state index contributed by atoms with van der Waals surface area (Å²) in [6.07, 6.45) is 0. The average molecular weight is 389 g/mol. The molecule has 9 heteroatoms. The molecule has 0 saturated heterocycles. The van der Waals surface area contributed by atoms with E-state index >= 15 is 0 Å². The van der Waals surface area contributed by atoms with Gasteiger partial charge in [0.2, 0.25) is 0 Å². The van der Waals surface area contributed by atoms with Crippen LogP contribution >= 0.6 is 0 Å². The first kappa shape index (κ1) is 18.3. The zero-order chi connectivity index (χ0) is 19.8. The molecule has 27 heavy (non-hydrogen) atoms. The lowest BCUT2D eigenvalue weighted by atomic mass is 10.1. The molecule has 0 aromatic heterocycles. The Kier molecular flexibility index (Phi) is 4.54. The van der Waals surface area contributed by atoms with E-state index in [9.17, 15) is 27.5 Å². The van der Waals surface area contributed by atoms with E-state index in [-0.39, 0.29) is 11.3 Å². The van der Waals surface area contributed by atoms with Gasteiger partial charge in [0.05, 0.1) is 21.7 Å². The maximum absolute atomic E-state index is 13.5. The van der Waals surface area contributed by atoms with Crippen LogP contribution in [0.1, 0.15) is 20.7 Å². The van der Waals surface area contributed by atoms with Crippen molar-refractivity contribution in [1.29, 1.82) is 0 Å². The number of halogens is 1. The van der Waals surface area contributed by atoms with Gasteiger partial charge < -0.3 is 10.2 Å². The Morgan fingerprint density at radius 3 is 2.04 bits per heavy atom. The highest BCUT2D eigenvalue weighted by Gasteiger charge is 2.22. The fraction of sp³-hybridized carbons (Fsp3) is 0. The largest absolute Gasteiger partial charge is 0.478 e. The van der Waals surface area contributed by atoms with Crippen molar-refractivity contribution in [3.05, 3.63) is 71.5 Å². The van der Waals surface area contributed by atoms with Gasteiger partial charge in [-0.1, -0.05) is 24.3 Å². The molecule has 3 aromatic carbocycles. The summed E-state index contributed by atoms with van der Waals surface area (Å²) in [5.74, 6) is -4.05. The summed E-state index contributed by atoms with van der Waals surface area (Å²) in [5.41, 5.74) is -1.28. The molecule has 0 aliphatic carbocycles. The number of fused-ring (bicyclic) bond motifs is 1. The van der Waals surface area contributed by atoms with Crippen molar-refractivity contribution in [2.45, 2.75) is 4.90 Å². The fourth-order valence-corrected chi connectivity index (χ4v) is 3.64. The molecule has 0 heterocycles. The Bertz CT molecular complexity index is 1190. The Morgan fingerprint density at radius 1 is 0.852 bits per heavy atom. The van der Waals surface area contributed by atoms with Gasteiger partial charge in [0.25, 0.3) is 10.0 Å². The van der Waals surface area contributed by atoms with Gasteiger partial charge in [-0.25, -0.2) is 22.4 Å². The van der Waals surface area contributed by atoms with Crippen molar-refractivity contribution in [3.63, 3.8) is 0 Å². The van der Waals surface area contributed by atoms with Gasteiger partial charge in [-0.3, -0.25) is 4.72 Å². The molecular formula is C18H12FNO6S. The van der Waals surface area contributed by atoms with Crippen LogP contribution < -0.4 is 4.72 Å². The number of carboxylic acid groups (broad SMARTS) is 2. The maximum atomic E-state index is 13.5. The van der Waals surface area contributed by atoms with Gasteiger partial charge in [0.1, 0.15) is 5.82 Å². The van der Waals surface area contributed by atoms with Crippen molar-refractivity contribution in [3.8, 4) is 0 Å². The van der Waals surface area contributed by atoms with Gasteiger partial charge >= 0.3 is 11.9 Å². The van der Waals surface area contributed by atoms with Gasteiger partial charge in [0, 0.05) is 0 Å². The topological polar surface area (TPSA) is 121 Å². The van der Waals surface area contributed by atoms with E-state index in [1.807, 2.05) is 0 Å². The third-order valence-electron chi connectivity index (χ3n) is 3.84. The number of anilines is 1. The SMILES string of the molecule is O=C(O)c1cc(S(=O)(=O)Nc2cc3ccccc3cc2C(=O)O)ccc1F. The summed E-state index contributed by atoms with van der Waals surface area (Å²) in [4.78, 5) is 22.0. The highest BCUT2D eigenvalue weighted by atomic mass is 32.2. The monoisotopic (exact) mass is 389 g/mol. The van der Waals surface area contributed by atoms with Crippen LogP contribution in [0.25, 0.3) is 10.8 Å². The van der Waals surface area contributed by atoms with Gasteiger partial charge in [0.15, 0.2) is 0 Å². The summed E-state index contributed by atoms with van der Waals surface area (Å²) < 4.78 is 40.8. The summed E-state index contributed by atoms with van der Waals surface area (Å²) in [6.45, 7) is 0. The van der Waals surface area contributed by atoms with E-state index in [1.165, 1.54) is 12.1 Å². The van der Waals surface area contributed by atoms with E-state index in [4.69, 9.17) is 5.11 Å². The van der Waals surface area contributed by atoms with Crippen LogP contribution in [-0.2, 0) is 10.0 Å². The Morgan fingerprint density at radius 2 is 1.44 bits per heavy atom. The molecule has 0 spiro atoms. The Labute approximate surface area is 152 Å². The van der Waals surface area contributed by atoms with E-state index in [0.717, 1.165) is 12.1 Å². The molecule has 138 valence electrons. The molecule has 0 aliphatic rings. The number of carboxylic acids is 2. The van der Waals surface area contributed by atoms with E-state index in [2.05, 4.69) is 4.72 Å². The number of rotatable bonds is 5. The third-order valence-corrected chi connectivity index (χ3v) is 5.20. The first-order chi connectivity index (χ1) is 12.7. The molecular weight excluding hydrogens is 377 g/mol. The van der Waals surface area contributed by atoms with Crippen molar-refractivity contribution < 1.29 is 32.6 Å². The number of carbonyl (C=O) groups is 2. The average Bonchev–Trinajstić information content (AvgIpc) is 2.60. The minimum absolute atomic E-state index is 0.192. The van der Waals surface area contributed by atoms with Gasteiger partial charge in [-0.2, -0.15) is 0 Å². The summed E-state index contributed by atoms with van der Waals surface area (Å²) >= 11 is 0. The molecule has 0 fully saturated rings. The standard InChI is InChI=1S/C18H12FNO6S/c19-15-6-5-12(9-13(15)17(21)22)27(25,26)20-16-8-11-4-2-1-3-10(11)7-14(16)18(23)24/h1-9,20H,(H,21,22)(H,23,24). The number of sulfonamides is 1. The normalized spacial score (nSPS) is 11.3. The summed E-state index contributed by atoms with van der Waals surface area (Å²) in [7, 11) is -4.35. The molecule has 3 aromatic rings. The van der Waals surface area contributed by atoms with E-state index in [1.54, 1.807) is 24.3 Å². The minimum atomic E-state index is -4.35. The number of nitrogens with one attached hydrogen (secondary N) is 1. The number of aromatic carboxylic acids is 2. The van der Waals surface area contributed by atoms with Crippen molar-refractivity contribution in [1.82, 2.24) is 0 Å². The van der Waals surface area contributed by atoms with Crippen LogP contribution in [0.15, 0.2) is 59.5 Å².